The van der Waals surface area contributed by atoms with Gasteiger partial charge >= 0.3 is 0 Å². The van der Waals surface area contributed by atoms with E-state index >= 15 is 0 Å². The number of hydrogen-bond acceptors (Lipinski definition) is 3. The van der Waals surface area contributed by atoms with Crippen LogP contribution in [0.1, 0.15) is 48.3 Å². The van der Waals surface area contributed by atoms with Crippen LogP contribution in [-0.4, -0.2) is 39.6 Å². The number of nitrogens with zero attached hydrogens (tertiary/aromatic N) is 3. The van der Waals surface area contributed by atoms with Crippen LogP contribution >= 0.6 is 11.6 Å². The highest BCUT2D eigenvalue weighted by molar-refractivity contribution is 6.33. The summed E-state index contributed by atoms with van der Waals surface area (Å²) in [4.78, 5) is 26.6. The van der Waals surface area contributed by atoms with Crippen LogP contribution in [0.3, 0.4) is 0 Å². The summed E-state index contributed by atoms with van der Waals surface area (Å²) in [6.45, 7) is 6.79. The number of rotatable bonds is 9. The molecular formula is C20H26ClFN4O2. The summed E-state index contributed by atoms with van der Waals surface area (Å²) >= 11 is 6.37. The Morgan fingerprint density at radius 3 is 2.54 bits per heavy atom. The zero-order valence-electron chi connectivity index (χ0n) is 16.5. The molecule has 0 bridgehead atoms. The number of amides is 2. The smallest absolute Gasteiger partial charge is 0.259 e. The third-order valence-electron chi connectivity index (χ3n) is 4.41. The second kappa shape index (κ2) is 10.2. The Morgan fingerprint density at radius 2 is 1.93 bits per heavy atom. The van der Waals surface area contributed by atoms with Crippen LogP contribution in [0.25, 0.3) is 0 Å². The predicted molar refractivity (Wildman–Crippen MR) is 107 cm³/mol. The molecule has 0 saturated heterocycles. The van der Waals surface area contributed by atoms with Crippen molar-refractivity contribution in [2.75, 3.05) is 13.1 Å². The van der Waals surface area contributed by atoms with Gasteiger partial charge in [0, 0.05) is 19.6 Å². The van der Waals surface area contributed by atoms with Gasteiger partial charge in [-0.3, -0.25) is 14.3 Å². The molecule has 2 aromatic rings. The number of carbonyl (C=O) groups is 2. The first-order chi connectivity index (χ1) is 13.4. The molecule has 2 amide bonds. The van der Waals surface area contributed by atoms with E-state index in [2.05, 4.69) is 17.3 Å². The third kappa shape index (κ3) is 5.55. The summed E-state index contributed by atoms with van der Waals surface area (Å²) in [6, 6.07) is 5.88. The molecule has 6 nitrogen and oxygen atoms in total. The first-order valence-corrected chi connectivity index (χ1v) is 9.78. The zero-order chi connectivity index (χ0) is 20.7. The Morgan fingerprint density at radius 1 is 1.25 bits per heavy atom. The Kier molecular flexibility index (Phi) is 7.99. The summed E-state index contributed by atoms with van der Waals surface area (Å²) in [5.74, 6) is -0.944. The molecule has 152 valence electrons. The van der Waals surface area contributed by atoms with Crippen molar-refractivity contribution in [1.29, 1.82) is 0 Å². The number of likely N-dealkylation sites (N-methyl/N-ethyl adjacent to an activating group) is 1. The van der Waals surface area contributed by atoms with Crippen LogP contribution in [0.4, 0.5) is 4.39 Å². The molecule has 1 N–H and O–H groups in total. The highest BCUT2D eigenvalue weighted by Crippen LogP contribution is 2.22. The number of halogens is 2. The standard InChI is InChI=1S/C20H26ClFN4O2/c1-4-6-11-26-19(21)18(14(3)24-26)20(28)25(5-2)13-17(27)23-12-15-7-9-16(22)10-8-15/h7-10H,4-6,11-13H2,1-3H3,(H,23,27). The van der Waals surface area contributed by atoms with Gasteiger partial charge in [0.25, 0.3) is 5.91 Å². The maximum absolute atomic E-state index is 12.9. The normalized spacial score (nSPS) is 10.8. The van der Waals surface area contributed by atoms with Crippen LogP contribution in [0.5, 0.6) is 0 Å². The van der Waals surface area contributed by atoms with Crippen molar-refractivity contribution in [3.63, 3.8) is 0 Å². The molecule has 1 aromatic carbocycles. The predicted octanol–water partition coefficient (Wildman–Crippen LogP) is 3.56. The van der Waals surface area contributed by atoms with Crippen molar-refractivity contribution in [2.24, 2.45) is 0 Å². The maximum Gasteiger partial charge on any atom is 0.259 e. The topological polar surface area (TPSA) is 67.2 Å². The Labute approximate surface area is 169 Å². The molecule has 0 aliphatic carbocycles. The monoisotopic (exact) mass is 408 g/mol. The number of carbonyl (C=O) groups excluding carboxylic acids is 2. The molecule has 0 unspecified atom stereocenters. The Hall–Kier alpha value is -2.41. The highest BCUT2D eigenvalue weighted by atomic mass is 35.5. The van der Waals surface area contributed by atoms with Gasteiger partial charge in [0.15, 0.2) is 0 Å². The molecule has 0 fully saturated rings. The Balaban J connectivity index is 2.02. The van der Waals surface area contributed by atoms with E-state index in [0.29, 0.717) is 29.5 Å². The second-order valence-electron chi connectivity index (χ2n) is 6.55. The molecular weight excluding hydrogens is 383 g/mol. The van der Waals surface area contributed by atoms with Crippen LogP contribution in [0, 0.1) is 12.7 Å². The lowest BCUT2D eigenvalue weighted by atomic mass is 10.2. The molecule has 28 heavy (non-hydrogen) atoms. The zero-order valence-corrected chi connectivity index (χ0v) is 17.2. The van der Waals surface area contributed by atoms with Crippen molar-refractivity contribution < 1.29 is 14.0 Å². The van der Waals surface area contributed by atoms with Gasteiger partial charge in [-0.05, 0) is 38.0 Å². The third-order valence-corrected chi connectivity index (χ3v) is 4.79. The van der Waals surface area contributed by atoms with Crippen molar-refractivity contribution >= 4 is 23.4 Å². The average Bonchev–Trinajstić information content (AvgIpc) is 2.96. The van der Waals surface area contributed by atoms with Gasteiger partial charge in [0.2, 0.25) is 5.91 Å². The lowest BCUT2D eigenvalue weighted by Gasteiger charge is -2.20. The van der Waals surface area contributed by atoms with Crippen molar-refractivity contribution in [3.8, 4) is 0 Å². The van der Waals surface area contributed by atoms with Gasteiger partial charge < -0.3 is 10.2 Å². The van der Waals surface area contributed by atoms with E-state index in [1.54, 1.807) is 30.7 Å². The minimum absolute atomic E-state index is 0.0908. The number of benzene rings is 1. The van der Waals surface area contributed by atoms with Crippen LogP contribution < -0.4 is 5.32 Å². The fourth-order valence-corrected chi connectivity index (χ4v) is 3.11. The number of hydrogen-bond donors (Lipinski definition) is 1. The van der Waals surface area contributed by atoms with E-state index in [9.17, 15) is 14.0 Å². The summed E-state index contributed by atoms with van der Waals surface area (Å²) < 4.78 is 14.6. The van der Waals surface area contributed by atoms with E-state index in [-0.39, 0.29) is 30.7 Å². The van der Waals surface area contributed by atoms with Gasteiger partial charge in [-0.1, -0.05) is 37.1 Å². The van der Waals surface area contributed by atoms with E-state index in [4.69, 9.17) is 11.6 Å². The number of aryl methyl sites for hydroxylation is 2. The summed E-state index contributed by atoms with van der Waals surface area (Å²) in [6.07, 6.45) is 1.91. The maximum atomic E-state index is 12.9. The molecule has 0 aliphatic heterocycles. The Bertz CT molecular complexity index is 820. The number of nitrogens with one attached hydrogen (secondary N) is 1. The molecule has 0 saturated carbocycles. The van der Waals surface area contributed by atoms with Crippen LogP contribution in [0.15, 0.2) is 24.3 Å². The molecule has 0 atom stereocenters. The molecule has 8 heteroatoms. The first-order valence-electron chi connectivity index (χ1n) is 9.40. The number of aromatic nitrogens is 2. The largest absolute Gasteiger partial charge is 0.350 e. The molecule has 1 heterocycles. The molecule has 0 spiro atoms. The van der Waals surface area contributed by atoms with E-state index in [0.717, 1.165) is 18.4 Å². The lowest BCUT2D eigenvalue weighted by molar-refractivity contribution is -0.121. The molecule has 0 aliphatic rings. The van der Waals surface area contributed by atoms with Crippen molar-refractivity contribution in [1.82, 2.24) is 20.0 Å². The lowest BCUT2D eigenvalue weighted by Crippen LogP contribution is -2.40. The van der Waals surface area contributed by atoms with Crippen molar-refractivity contribution in [2.45, 2.75) is 46.7 Å². The quantitative estimate of drug-likeness (QED) is 0.689. The van der Waals surface area contributed by atoms with Gasteiger partial charge in [0.05, 0.1) is 17.8 Å². The fourth-order valence-electron chi connectivity index (χ4n) is 2.77. The summed E-state index contributed by atoms with van der Waals surface area (Å²) in [5, 5.41) is 7.40. The SMILES string of the molecule is CCCCn1nc(C)c(C(=O)N(CC)CC(=O)NCc2ccc(F)cc2)c1Cl. The average molecular weight is 409 g/mol. The van der Waals surface area contributed by atoms with Gasteiger partial charge in [-0.25, -0.2) is 4.39 Å². The van der Waals surface area contributed by atoms with Crippen LogP contribution in [-0.2, 0) is 17.9 Å². The van der Waals surface area contributed by atoms with Gasteiger partial charge in [0.1, 0.15) is 11.0 Å². The second-order valence-corrected chi connectivity index (χ2v) is 6.91. The van der Waals surface area contributed by atoms with Crippen LogP contribution in [0.2, 0.25) is 5.15 Å². The molecule has 1 aromatic heterocycles. The molecule has 2 rings (SSSR count). The van der Waals surface area contributed by atoms with E-state index in [1.807, 2.05) is 0 Å². The van der Waals surface area contributed by atoms with Gasteiger partial charge in [-0.15, -0.1) is 0 Å². The number of unbranched alkanes of at least 4 members (excludes halogenated alkanes) is 1. The minimum atomic E-state index is -0.329. The van der Waals surface area contributed by atoms with E-state index < -0.39 is 0 Å². The fraction of sp³-hybridized carbons (Fsp3) is 0.450. The van der Waals surface area contributed by atoms with Gasteiger partial charge in [-0.2, -0.15) is 5.10 Å². The highest BCUT2D eigenvalue weighted by Gasteiger charge is 2.25. The van der Waals surface area contributed by atoms with Crippen molar-refractivity contribution in [3.05, 3.63) is 52.1 Å². The first kappa shape index (κ1) is 21.9. The molecule has 0 radical (unpaired) electrons. The van der Waals surface area contributed by atoms with E-state index in [1.165, 1.54) is 17.0 Å². The summed E-state index contributed by atoms with van der Waals surface area (Å²) in [5.41, 5.74) is 1.67. The minimum Gasteiger partial charge on any atom is -0.350 e. The summed E-state index contributed by atoms with van der Waals surface area (Å²) in [7, 11) is 0.